The maximum Gasteiger partial charge on any atom is 0.0767 e. The highest BCUT2D eigenvalue weighted by Gasteiger charge is 2.13. The van der Waals surface area contributed by atoms with Crippen molar-refractivity contribution in [3.8, 4) is 0 Å². The van der Waals surface area contributed by atoms with E-state index in [4.69, 9.17) is 0 Å². The molecule has 0 bridgehead atoms. The first-order chi connectivity index (χ1) is 9.51. The normalized spacial score (nSPS) is 12.8. The SMILES string of the molecule is CCc1nn(C)c(CNC(C)Cc2ccc(C)s2)c1Br. The Bertz CT molecular complexity index is 574. The van der Waals surface area contributed by atoms with Gasteiger partial charge in [0, 0.05) is 29.4 Å². The molecule has 2 heterocycles. The van der Waals surface area contributed by atoms with Crippen LogP contribution in [0.5, 0.6) is 0 Å². The third-order valence-corrected chi connectivity index (χ3v) is 5.36. The molecule has 1 unspecified atom stereocenters. The molecule has 110 valence electrons. The van der Waals surface area contributed by atoms with Gasteiger partial charge in [0.15, 0.2) is 0 Å². The van der Waals surface area contributed by atoms with Crippen LogP contribution in [0.2, 0.25) is 0 Å². The number of thiophene rings is 1. The lowest BCUT2D eigenvalue weighted by atomic mass is 10.2. The van der Waals surface area contributed by atoms with Crippen LogP contribution >= 0.6 is 27.3 Å². The minimum Gasteiger partial charge on any atom is -0.308 e. The second-order valence-electron chi connectivity index (χ2n) is 5.18. The van der Waals surface area contributed by atoms with Gasteiger partial charge in [-0.1, -0.05) is 6.92 Å². The Morgan fingerprint density at radius 3 is 2.75 bits per heavy atom. The molecule has 0 saturated heterocycles. The van der Waals surface area contributed by atoms with Gasteiger partial charge < -0.3 is 5.32 Å². The topological polar surface area (TPSA) is 29.9 Å². The molecule has 0 radical (unpaired) electrons. The van der Waals surface area contributed by atoms with Gasteiger partial charge in [-0.25, -0.2) is 0 Å². The molecule has 0 saturated carbocycles. The van der Waals surface area contributed by atoms with E-state index in [0.717, 1.165) is 29.6 Å². The molecule has 0 fully saturated rings. The number of halogens is 1. The summed E-state index contributed by atoms with van der Waals surface area (Å²) < 4.78 is 3.12. The number of rotatable bonds is 6. The summed E-state index contributed by atoms with van der Waals surface area (Å²) in [6, 6.07) is 4.88. The van der Waals surface area contributed by atoms with Gasteiger partial charge in [0.25, 0.3) is 0 Å². The summed E-state index contributed by atoms with van der Waals surface area (Å²) in [5.74, 6) is 0. The van der Waals surface area contributed by atoms with E-state index in [0.29, 0.717) is 6.04 Å². The Balaban J connectivity index is 1.93. The van der Waals surface area contributed by atoms with Crippen LogP contribution in [0.15, 0.2) is 16.6 Å². The van der Waals surface area contributed by atoms with Gasteiger partial charge in [-0.2, -0.15) is 5.10 Å². The summed E-state index contributed by atoms with van der Waals surface area (Å²) in [6.07, 6.45) is 2.03. The van der Waals surface area contributed by atoms with E-state index >= 15 is 0 Å². The highest BCUT2D eigenvalue weighted by atomic mass is 79.9. The maximum atomic E-state index is 4.53. The van der Waals surface area contributed by atoms with Crippen LogP contribution in [0.3, 0.4) is 0 Å². The summed E-state index contributed by atoms with van der Waals surface area (Å²) in [7, 11) is 2.01. The van der Waals surface area contributed by atoms with Crippen LogP contribution < -0.4 is 5.32 Å². The van der Waals surface area contributed by atoms with Gasteiger partial charge in [-0.15, -0.1) is 11.3 Å². The third kappa shape index (κ3) is 3.71. The fraction of sp³-hybridized carbons (Fsp3) is 0.533. The van der Waals surface area contributed by atoms with E-state index in [9.17, 15) is 0 Å². The van der Waals surface area contributed by atoms with Crippen molar-refractivity contribution < 1.29 is 0 Å². The Hall–Kier alpha value is -0.650. The van der Waals surface area contributed by atoms with Crippen molar-refractivity contribution in [3.63, 3.8) is 0 Å². The maximum absolute atomic E-state index is 4.53. The lowest BCUT2D eigenvalue weighted by Crippen LogP contribution is -2.28. The van der Waals surface area contributed by atoms with Gasteiger partial charge in [-0.3, -0.25) is 4.68 Å². The number of hydrogen-bond acceptors (Lipinski definition) is 3. The van der Waals surface area contributed by atoms with Crippen molar-refractivity contribution in [3.05, 3.63) is 37.7 Å². The van der Waals surface area contributed by atoms with Gasteiger partial charge in [-0.05, 0) is 54.8 Å². The van der Waals surface area contributed by atoms with E-state index < -0.39 is 0 Å². The lowest BCUT2D eigenvalue weighted by molar-refractivity contribution is 0.527. The van der Waals surface area contributed by atoms with Crippen LogP contribution in [0, 0.1) is 6.92 Å². The molecule has 0 amide bonds. The molecule has 3 nitrogen and oxygen atoms in total. The van der Waals surface area contributed by atoms with Gasteiger partial charge in [0.05, 0.1) is 15.9 Å². The standard InChI is InChI=1S/C15H22BrN3S/c1-5-13-15(16)14(19(4)18-13)9-17-10(2)8-12-7-6-11(3)20-12/h6-7,10,17H,5,8-9H2,1-4H3. The molecular weight excluding hydrogens is 334 g/mol. The molecule has 1 atom stereocenters. The smallest absolute Gasteiger partial charge is 0.0767 e. The predicted octanol–water partition coefficient (Wildman–Crippen LogP) is 3.84. The van der Waals surface area contributed by atoms with Crippen molar-refractivity contribution >= 4 is 27.3 Å². The summed E-state index contributed by atoms with van der Waals surface area (Å²) in [5.41, 5.74) is 2.35. The third-order valence-electron chi connectivity index (χ3n) is 3.42. The zero-order valence-corrected chi connectivity index (χ0v) is 14.9. The van der Waals surface area contributed by atoms with Crippen molar-refractivity contribution in [1.29, 1.82) is 0 Å². The largest absolute Gasteiger partial charge is 0.308 e. The average Bonchev–Trinajstić information content (AvgIpc) is 2.92. The first-order valence-electron chi connectivity index (χ1n) is 7.00. The molecule has 1 N–H and O–H groups in total. The average molecular weight is 356 g/mol. The zero-order chi connectivity index (χ0) is 14.7. The van der Waals surface area contributed by atoms with Crippen LogP contribution in [0.4, 0.5) is 0 Å². The second-order valence-corrected chi connectivity index (χ2v) is 7.35. The Kier molecular flexibility index (Phi) is 5.41. The number of hydrogen-bond donors (Lipinski definition) is 1. The van der Waals surface area contributed by atoms with Gasteiger partial charge in [0.1, 0.15) is 0 Å². The molecule has 0 aliphatic rings. The fourth-order valence-electron chi connectivity index (χ4n) is 2.25. The van der Waals surface area contributed by atoms with E-state index in [1.165, 1.54) is 15.4 Å². The summed E-state index contributed by atoms with van der Waals surface area (Å²) in [5, 5.41) is 8.12. The minimum absolute atomic E-state index is 0.458. The van der Waals surface area contributed by atoms with Crippen molar-refractivity contribution in [2.24, 2.45) is 7.05 Å². The van der Waals surface area contributed by atoms with Crippen LogP contribution in [0.1, 0.15) is 35.0 Å². The number of nitrogens with zero attached hydrogens (tertiary/aromatic N) is 2. The monoisotopic (exact) mass is 355 g/mol. The van der Waals surface area contributed by atoms with Crippen LogP contribution in [-0.2, 0) is 26.4 Å². The molecule has 2 aromatic heterocycles. The summed E-state index contributed by atoms with van der Waals surface area (Å²) >= 11 is 5.55. The Morgan fingerprint density at radius 1 is 1.45 bits per heavy atom. The molecule has 2 aromatic rings. The van der Waals surface area contributed by atoms with E-state index in [1.54, 1.807) is 0 Å². The quantitative estimate of drug-likeness (QED) is 0.852. The molecular formula is C15H22BrN3S. The summed E-state index contributed by atoms with van der Waals surface area (Å²) in [4.78, 5) is 2.83. The van der Waals surface area contributed by atoms with Crippen molar-refractivity contribution in [2.45, 2.75) is 46.2 Å². The first kappa shape index (κ1) is 15.7. The zero-order valence-electron chi connectivity index (χ0n) is 12.5. The Morgan fingerprint density at radius 2 is 2.20 bits per heavy atom. The van der Waals surface area contributed by atoms with E-state index in [2.05, 4.69) is 59.2 Å². The van der Waals surface area contributed by atoms with Crippen LogP contribution in [-0.4, -0.2) is 15.8 Å². The first-order valence-corrected chi connectivity index (χ1v) is 8.61. The van der Waals surface area contributed by atoms with Gasteiger partial charge >= 0.3 is 0 Å². The molecule has 5 heteroatoms. The summed E-state index contributed by atoms with van der Waals surface area (Å²) in [6.45, 7) is 7.37. The molecule has 0 aliphatic heterocycles. The highest BCUT2D eigenvalue weighted by Crippen LogP contribution is 2.22. The van der Waals surface area contributed by atoms with Crippen molar-refractivity contribution in [1.82, 2.24) is 15.1 Å². The van der Waals surface area contributed by atoms with Gasteiger partial charge in [0.2, 0.25) is 0 Å². The highest BCUT2D eigenvalue weighted by molar-refractivity contribution is 9.10. The fourth-order valence-corrected chi connectivity index (χ4v) is 4.03. The molecule has 0 spiro atoms. The predicted molar refractivity (Wildman–Crippen MR) is 89.3 cm³/mol. The van der Waals surface area contributed by atoms with E-state index in [1.807, 2.05) is 23.1 Å². The van der Waals surface area contributed by atoms with Crippen LogP contribution in [0.25, 0.3) is 0 Å². The minimum atomic E-state index is 0.458. The number of aromatic nitrogens is 2. The molecule has 0 aliphatic carbocycles. The number of aryl methyl sites for hydroxylation is 3. The lowest BCUT2D eigenvalue weighted by Gasteiger charge is -2.13. The van der Waals surface area contributed by atoms with E-state index in [-0.39, 0.29) is 0 Å². The molecule has 20 heavy (non-hydrogen) atoms. The van der Waals surface area contributed by atoms with Crippen molar-refractivity contribution in [2.75, 3.05) is 0 Å². The number of nitrogens with one attached hydrogen (secondary N) is 1. The molecule has 0 aromatic carbocycles. The Labute approximate surface area is 133 Å². The second kappa shape index (κ2) is 6.87. The molecule has 2 rings (SSSR count).